The van der Waals surface area contributed by atoms with E-state index in [-0.39, 0.29) is 12.1 Å². The normalized spacial score (nSPS) is 10.5. The fourth-order valence-corrected chi connectivity index (χ4v) is 2.35. The number of esters is 1. The molecule has 6 heteroatoms. The molecule has 0 atom stereocenters. The van der Waals surface area contributed by atoms with Gasteiger partial charge in [0.25, 0.3) is 0 Å². The molecule has 0 radical (unpaired) electrons. The zero-order valence-corrected chi connectivity index (χ0v) is 11.0. The molecule has 1 rings (SSSR count). The van der Waals surface area contributed by atoms with Crippen molar-refractivity contribution in [2.75, 3.05) is 0 Å². The fourth-order valence-electron chi connectivity index (χ4n) is 0.654. The van der Waals surface area contributed by atoms with Crippen molar-refractivity contribution in [2.45, 2.75) is 20.0 Å². The summed E-state index contributed by atoms with van der Waals surface area (Å²) in [5.41, 5.74) is 0. The van der Waals surface area contributed by atoms with Crippen molar-refractivity contribution in [1.29, 1.82) is 0 Å². The van der Waals surface area contributed by atoms with Crippen LogP contribution in [0.5, 0.6) is 0 Å². The Morgan fingerprint density at radius 1 is 1.54 bits per heavy atom. The molecular weight excluding hydrogens is 322 g/mol. The highest BCUT2D eigenvalue weighted by molar-refractivity contribution is 9.13. The number of halogens is 2. The lowest BCUT2D eigenvalue weighted by atomic mass is 10.4. The quantitative estimate of drug-likeness (QED) is 0.782. The first-order valence-corrected chi connectivity index (χ1v) is 5.90. The molecule has 13 heavy (non-hydrogen) atoms. The average molecular weight is 329 g/mol. The van der Waals surface area contributed by atoms with Crippen LogP contribution in [0, 0.1) is 0 Å². The number of carbonyl (C=O) groups excluding carboxylic acids is 1. The molecule has 0 aliphatic heterocycles. The third-order valence-electron chi connectivity index (χ3n) is 1.13. The van der Waals surface area contributed by atoms with Crippen LogP contribution in [0.4, 0.5) is 0 Å². The summed E-state index contributed by atoms with van der Waals surface area (Å²) in [6, 6.07) is 0. The predicted molar refractivity (Wildman–Crippen MR) is 58.1 cm³/mol. The molecule has 0 amide bonds. The minimum atomic E-state index is -0.343. The monoisotopic (exact) mass is 327 g/mol. The van der Waals surface area contributed by atoms with Gasteiger partial charge in [-0.25, -0.2) is 4.79 Å². The molecule has 0 bridgehead atoms. The van der Waals surface area contributed by atoms with E-state index in [1.54, 1.807) is 0 Å². The molecule has 1 aromatic heterocycles. The molecule has 0 spiro atoms. The Bertz CT molecular complexity index is 324. The Kier molecular flexibility index (Phi) is 3.87. The molecule has 0 saturated heterocycles. The van der Waals surface area contributed by atoms with Gasteiger partial charge in [0.2, 0.25) is 0 Å². The number of hydrogen-bond donors (Lipinski definition) is 0. The number of nitrogens with zero attached hydrogens (tertiary/aromatic N) is 1. The van der Waals surface area contributed by atoms with Gasteiger partial charge in [-0.2, -0.15) is 4.37 Å². The van der Waals surface area contributed by atoms with Crippen LogP contribution in [0.1, 0.15) is 23.5 Å². The largest absolute Gasteiger partial charge is 0.459 e. The van der Waals surface area contributed by atoms with Crippen LogP contribution in [0.3, 0.4) is 0 Å². The number of ether oxygens (including phenoxy) is 1. The fraction of sp³-hybridized carbons (Fsp3) is 0.429. The predicted octanol–water partition coefficient (Wildman–Crippen LogP) is 3.23. The van der Waals surface area contributed by atoms with Gasteiger partial charge in [-0.1, -0.05) is 0 Å². The van der Waals surface area contributed by atoms with Crippen LogP contribution < -0.4 is 0 Å². The Morgan fingerprint density at radius 2 is 2.15 bits per heavy atom. The summed E-state index contributed by atoms with van der Waals surface area (Å²) < 4.78 is 10.3. The molecular formula is C7H7Br2NO2S. The maximum absolute atomic E-state index is 11.4. The number of aromatic nitrogens is 1. The maximum Gasteiger partial charge on any atom is 0.351 e. The van der Waals surface area contributed by atoms with Crippen LogP contribution in [0.25, 0.3) is 0 Å². The molecule has 0 aliphatic carbocycles. The topological polar surface area (TPSA) is 39.2 Å². The van der Waals surface area contributed by atoms with Crippen LogP contribution in [0.2, 0.25) is 0 Å². The second-order valence-corrected chi connectivity index (χ2v) is 4.89. The van der Waals surface area contributed by atoms with Gasteiger partial charge in [0.05, 0.1) is 10.6 Å². The van der Waals surface area contributed by atoms with Gasteiger partial charge >= 0.3 is 5.97 Å². The van der Waals surface area contributed by atoms with E-state index in [0.717, 1.165) is 11.5 Å². The first-order valence-electron chi connectivity index (χ1n) is 3.54. The lowest BCUT2D eigenvalue weighted by molar-refractivity contribution is 0.0383. The highest BCUT2D eigenvalue weighted by atomic mass is 79.9. The van der Waals surface area contributed by atoms with Gasteiger partial charge in [-0.15, -0.1) is 0 Å². The van der Waals surface area contributed by atoms with E-state index in [4.69, 9.17) is 4.74 Å². The smallest absolute Gasteiger partial charge is 0.351 e. The summed E-state index contributed by atoms with van der Waals surface area (Å²) in [5, 5.41) is 0. The van der Waals surface area contributed by atoms with Crippen LogP contribution in [-0.2, 0) is 4.74 Å². The second kappa shape index (κ2) is 4.52. The summed E-state index contributed by atoms with van der Waals surface area (Å²) in [6.45, 7) is 3.61. The lowest BCUT2D eigenvalue weighted by Gasteiger charge is -2.05. The highest BCUT2D eigenvalue weighted by Gasteiger charge is 2.18. The van der Waals surface area contributed by atoms with Gasteiger partial charge in [-0.3, -0.25) is 0 Å². The van der Waals surface area contributed by atoms with Crippen LogP contribution in [-0.4, -0.2) is 16.4 Å². The summed E-state index contributed by atoms with van der Waals surface area (Å²) in [4.78, 5) is 11.9. The zero-order valence-electron chi connectivity index (χ0n) is 7.01. The average Bonchev–Trinajstić information content (AvgIpc) is 2.31. The Labute approximate surface area is 96.9 Å². The van der Waals surface area contributed by atoms with E-state index < -0.39 is 0 Å². The third kappa shape index (κ3) is 2.75. The first-order chi connectivity index (χ1) is 6.02. The van der Waals surface area contributed by atoms with Gasteiger partial charge < -0.3 is 4.74 Å². The van der Waals surface area contributed by atoms with Crippen LogP contribution >= 0.6 is 43.4 Å². The number of hydrogen-bond acceptors (Lipinski definition) is 4. The Morgan fingerprint density at radius 3 is 2.54 bits per heavy atom. The molecule has 1 heterocycles. The minimum Gasteiger partial charge on any atom is -0.459 e. The number of carbonyl (C=O) groups is 1. The molecule has 0 aliphatic rings. The molecule has 0 aromatic carbocycles. The van der Waals surface area contributed by atoms with Crippen molar-refractivity contribution in [3.05, 3.63) is 14.0 Å². The standard InChI is InChI=1S/C7H7Br2NO2S/c1-3(2)12-7(11)5-4(8)6(9)10-13-5/h3H,1-2H3. The van der Waals surface area contributed by atoms with E-state index in [9.17, 15) is 4.79 Å². The van der Waals surface area contributed by atoms with Crippen molar-refractivity contribution in [2.24, 2.45) is 0 Å². The third-order valence-corrected chi connectivity index (χ3v) is 4.33. The van der Waals surface area contributed by atoms with Crippen molar-refractivity contribution in [1.82, 2.24) is 4.37 Å². The second-order valence-electron chi connectivity index (χ2n) is 2.57. The summed E-state index contributed by atoms with van der Waals surface area (Å²) in [7, 11) is 0. The lowest BCUT2D eigenvalue weighted by Crippen LogP contribution is -2.10. The molecule has 0 N–H and O–H groups in total. The molecule has 72 valence electrons. The van der Waals surface area contributed by atoms with Crippen molar-refractivity contribution < 1.29 is 9.53 Å². The zero-order chi connectivity index (χ0) is 10.0. The van der Waals surface area contributed by atoms with E-state index >= 15 is 0 Å². The number of rotatable bonds is 2. The van der Waals surface area contributed by atoms with Gasteiger partial charge in [0.1, 0.15) is 9.48 Å². The van der Waals surface area contributed by atoms with E-state index in [2.05, 4.69) is 36.2 Å². The Hall–Kier alpha value is 0.0600. The molecule has 1 aromatic rings. The molecule has 0 fully saturated rings. The van der Waals surface area contributed by atoms with E-state index in [0.29, 0.717) is 14.0 Å². The highest BCUT2D eigenvalue weighted by Crippen LogP contribution is 2.29. The molecule has 3 nitrogen and oxygen atoms in total. The van der Waals surface area contributed by atoms with E-state index in [1.807, 2.05) is 13.8 Å². The molecule has 0 saturated carbocycles. The SMILES string of the molecule is CC(C)OC(=O)c1snc(Br)c1Br. The molecule has 0 unspecified atom stereocenters. The van der Waals surface area contributed by atoms with Crippen molar-refractivity contribution >= 4 is 49.4 Å². The van der Waals surface area contributed by atoms with Crippen molar-refractivity contribution in [3.8, 4) is 0 Å². The van der Waals surface area contributed by atoms with Crippen LogP contribution in [0.15, 0.2) is 9.08 Å². The van der Waals surface area contributed by atoms with Gasteiger partial charge in [0.15, 0.2) is 0 Å². The van der Waals surface area contributed by atoms with Gasteiger partial charge in [0, 0.05) is 0 Å². The van der Waals surface area contributed by atoms with Crippen molar-refractivity contribution in [3.63, 3.8) is 0 Å². The van der Waals surface area contributed by atoms with Gasteiger partial charge in [-0.05, 0) is 57.2 Å². The Balaban J connectivity index is 2.83. The van der Waals surface area contributed by atoms with E-state index in [1.165, 1.54) is 0 Å². The summed E-state index contributed by atoms with van der Waals surface area (Å²) in [6.07, 6.45) is -0.111. The first kappa shape index (κ1) is 11.1. The summed E-state index contributed by atoms with van der Waals surface area (Å²) in [5.74, 6) is -0.343. The maximum atomic E-state index is 11.4. The minimum absolute atomic E-state index is 0.111. The summed E-state index contributed by atoms with van der Waals surface area (Å²) >= 11 is 7.54.